The molecule has 5 nitrogen and oxygen atoms in total. The Morgan fingerprint density at radius 1 is 1.35 bits per heavy atom. The lowest BCUT2D eigenvalue weighted by Gasteiger charge is -2.06. The van der Waals surface area contributed by atoms with Gasteiger partial charge in [-0.2, -0.15) is 0 Å². The molecule has 3 N–H and O–H groups in total. The van der Waals surface area contributed by atoms with Crippen molar-refractivity contribution in [3.8, 4) is 11.6 Å². The second-order valence-corrected chi connectivity index (χ2v) is 3.13. The monoisotopic (exact) mass is 239 g/mol. The summed E-state index contributed by atoms with van der Waals surface area (Å²) in [7, 11) is 0. The molecule has 2 rings (SSSR count). The zero-order chi connectivity index (χ0) is 12.4. The van der Waals surface area contributed by atoms with Crippen LogP contribution >= 0.6 is 0 Å². The molecule has 1 aromatic carbocycles. The van der Waals surface area contributed by atoms with Gasteiger partial charge in [-0.3, -0.25) is 4.79 Å². The number of H-pyrrole nitrogens is 1. The first kappa shape index (κ1) is 11.1. The molecule has 7 heteroatoms. The van der Waals surface area contributed by atoms with Crippen LogP contribution in [0.4, 0.5) is 14.5 Å². The van der Waals surface area contributed by atoms with Crippen molar-refractivity contribution in [1.82, 2.24) is 9.97 Å². The molecule has 0 aliphatic carbocycles. The van der Waals surface area contributed by atoms with E-state index in [1.165, 1.54) is 0 Å². The van der Waals surface area contributed by atoms with Crippen LogP contribution in [0.5, 0.6) is 11.6 Å². The number of hydrogen-bond acceptors (Lipinski definition) is 4. The van der Waals surface area contributed by atoms with E-state index in [0.717, 1.165) is 18.5 Å². The van der Waals surface area contributed by atoms with Gasteiger partial charge < -0.3 is 15.5 Å². The molecule has 0 aliphatic rings. The average molecular weight is 239 g/mol. The van der Waals surface area contributed by atoms with Crippen LogP contribution in [-0.2, 0) is 0 Å². The smallest absolute Gasteiger partial charge is 0.277 e. The molecule has 0 bridgehead atoms. The maximum atomic E-state index is 13.2. The quantitative estimate of drug-likeness (QED) is 0.830. The summed E-state index contributed by atoms with van der Waals surface area (Å²) < 4.78 is 30.9. The molecule has 0 saturated carbocycles. The molecule has 0 aliphatic heterocycles. The number of nitrogens with two attached hydrogens (primary N) is 1. The topological polar surface area (TPSA) is 81.0 Å². The highest BCUT2D eigenvalue weighted by atomic mass is 19.1. The minimum Gasteiger partial charge on any atom is -0.434 e. The number of hydrogen-bond donors (Lipinski definition) is 2. The summed E-state index contributed by atoms with van der Waals surface area (Å²) in [4.78, 5) is 17.0. The van der Waals surface area contributed by atoms with Gasteiger partial charge in [0.25, 0.3) is 5.56 Å². The van der Waals surface area contributed by atoms with Crippen molar-refractivity contribution in [3.63, 3.8) is 0 Å². The van der Waals surface area contributed by atoms with E-state index in [2.05, 4.69) is 9.97 Å². The van der Waals surface area contributed by atoms with Crippen LogP contribution in [0.15, 0.2) is 29.3 Å². The van der Waals surface area contributed by atoms with E-state index in [1.807, 2.05) is 0 Å². The second kappa shape index (κ2) is 4.20. The molecule has 2 aromatic rings. The minimum absolute atomic E-state index is 0.237. The van der Waals surface area contributed by atoms with Gasteiger partial charge in [0.15, 0.2) is 17.3 Å². The Morgan fingerprint density at radius 3 is 2.82 bits per heavy atom. The largest absolute Gasteiger partial charge is 0.434 e. The fourth-order valence-corrected chi connectivity index (χ4v) is 1.14. The van der Waals surface area contributed by atoms with Gasteiger partial charge in [0.2, 0.25) is 5.88 Å². The van der Waals surface area contributed by atoms with Gasteiger partial charge in [-0.1, -0.05) is 0 Å². The fourth-order valence-electron chi connectivity index (χ4n) is 1.14. The normalized spacial score (nSPS) is 10.2. The summed E-state index contributed by atoms with van der Waals surface area (Å²) in [5.74, 6) is -2.15. The number of nitrogen functional groups attached to an aromatic ring is 1. The lowest BCUT2D eigenvalue weighted by Crippen LogP contribution is -2.13. The lowest BCUT2D eigenvalue weighted by atomic mass is 10.3. The van der Waals surface area contributed by atoms with Gasteiger partial charge in [-0.25, -0.2) is 13.8 Å². The van der Waals surface area contributed by atoms with Gasteiger partial charge in [-0.15, -0.1) is 0 Å². The summed E-state index contributed by atoms with van der Waals surface area (Å²) in [6, 6.07) is 2.74. The molecule has 0 saturated heterocycles. The zero-order valence-corrected chi connectivity index (χ0v) is 8.41. The van der Waals surface area contributed by atoms with Crippen LogP contribution in [0, 0.1) is 11.6 Å². The van der Waals surface area contributed by atoms with Crippen molar-refractivity contribution < 1.29 is 13.5 Å². The summed E-state index contributed by atoms with van der Waals surface area (Å²) >= 11 is 0. The van der Waals surface area contributed by atoms with E-state index < -0.39 is 17.2 Å². The standard InChI is InChI=1S/C10H7F2N3O2/c11-5-1-2-7(6(12)3-5)17-10-8(13)9(16)14-4-15-10/h1-4H,13H2,(H,14,15,16). The van der Waals surface area contributed by atoms with Crippen LogP contribution in [0.2, 0.25) is 0 Å². The second-order valence-electron chi connectivity index (χ2n) is 3.13. The molecule has 0 spiro atoms. The van der Waals surface area contributed by atoms with Gasteiger partial charge in [0.05, 0.1) is 6.33 Å². The van der Waals surface area contributed by atoms with Crippen molar-refractivity contribution >= 4 is 5.69 Å². The summed E-state index contributed by atoms with van der Waals surface area (Å²) in [5.41, 5.74) is 4.50. The van der Waals surface area contributed by atoms with Crippen LogP contribution in [0.1, 0.15) is 0 Å². The average Bonchev–Trinajstić information content (AvgIpc) is 2.28. The predicted molar refractivity (Wildman–Crippen MR) is 55.7 cm³/mol. The van der Waals surface area contributed by atoms with E-state index in [4.69, 9.17) is 10.5 Å². The molecule has 0 amide bonds. The van der Waals surface area contributed by atoms with E-state index in [0.29, 0.717) is 6.07 Å². The van der Waals surface area contributed by atoms with Gasteiger partial charge in [0, 0.05) is 6.07 Å². The molecular formula is C10H7F2N3O2. The number of aromatic amines is 1. The Balaban J connectivity index is 2.38. The number of anilines is 1. The minimum atomic E-state index is -0.911. The first-order valence-corrected chi connectivity index (χ1v) is 4.54. The zero-order valence-electron chi connectivity index (χ0n) is 8.41. The third kappa shape index (κ3) is 2.22. The van der Waals surface area contributed by atoms with E-state index in [-0.39, 0.29) is 17.3 Å². The van der Waals surface area contributed by atoms with E-state index >= 15 is 0 Å². The number of nitrogens with zero attached hydrogens (tertiary/aromatic N) is 1. The van der Waals surface area contributed by atoms with Crippen LogP contribution in [0.25, 0.3) is 0 Å². The first-order valence-electron chi connectivity index (χ1n) is 4.54. The molecule has 0 fully saturated rings. The van der Waals surface area contributed by atoms with Crippen molar-refractivity contribution in [1.29, 1.82) is 0 Å². The fraction of sp³-hybridized carbons (Fsp3) is 0. The third-order valence-corrected chi connectivity index (χ3v) is 1.95. The number of benzene rings is 1. The predicted octanol–water partition coefficient (Wildman–Crippen LogP) is 1.42. The maximum absolute atomic E-state index is 13.2. The maximum Gasteiger partial charge on any atom is 0.277 e. The third-order valence-electron chi connectivity index (χ3n) is 1.95. The summed E-state index contributed by atoms with van der Waals surface area (Å²) in [6.07, 6.45) is 1.06. The molecule has 0 radical (unpaired) electrons. The molecule has 0 atom stereocenters. The number of ether oxygens (including phenoxy) is 1. The molecule has 0 unspecified atom stereocenters. The number of aromatic nitrogens is 2. The number of nitrogens with one attached hydrogen (secondary N) is 1. The van der Waals surface area contributed by atoms with Gasteiger partial charge in [-0.05, 0) is 12.1 Å². The lowest BCUT2D eigenvalue weighted by molar-refractivity contribution is 0.424. The SMILES string of the molecule is Nc1c(Oc2ccc(F)cc2F)nc[nH]c1=O. The van der Waals surface area contributed by atoms with Crippen LogP contribution < -0.4 is 16.0 Å². The number of halogens is 2. The van der Waals surface area contributed by atoms with Crippen molar-refractivity contribution in [2.45, 2.75) is 0 Å². The van der Waals surface area contributed by atoms with Crippen molar-refractivity contribution in [3.05, 3.63) is 46.5 Å². The Bertz CT molecular complexity index is 613. The molecule has 88 valence electrons. The molecule has 17 heavy (non-hydrogen) atoms. The van der Waals surface area contributed by atoms with E-state index in [1.54, 1.807) is 0 Å². The van der Waals surface area contributed by atoms with Crippen molar-refractivity contribution in [2.75, 3.05) is 5.73 Å². The van der Waals surface area contributed by atoms with E-state index in [9.17, 15) is 13.6 Å². The summed E-state index contributed by atoms with van der Waals surface area (Å²) in [5, 5.41) is 0. The Kier molecular flexibility index (Phi) is 2.73. The Labute approximate surface area is 93.9 Å². The Hall–Kier alpha value is -2.44. The van der Waals surface area contributed by atoms with Gasteiger partial charge >= 0.3 is 0 Å². The van der Waals surface area contributed by atoms with Gasteiger partial charge in [0.1, 0.15) is 5.82 Å². The highest BCUT2D eigenvalue weighted by molar-refractivity contribution is 5.47. The highest BCUT2D eigenvalue weighted by Crippen LogP contribution is 2.25. The first-order chi connectivity index (χ1) is 8.08. The Morgan fingerprint density at radius 2 is 2.12 bits per heavy atom. The van der Waals surface area contributed by atoms with Crippen LogP contribution in [-0.4, -0.2) is 9.97 Å². The van der Waals surface area contributed by atoms with Crippen LogP contribution in [0.3, 0.4) is 0 Å². The van der Waals surface area contributed by atoms with Crippen molar-refractivity contribution in [2.24, 2.45) is 0 Å². The number of rotatable bonds is 2. The molecule has 1 heterocycles. The molecule has 1 aromatic heterocycles. The highest BCUT2D eigenvalue weighted by Gasteiger charge is 2.11. The molecular weight excluding hydrogens is 232 g/mol. The summed E-state index contributed by atoms with van der Waals surface area (Å²) in [6.45, 7) is 0.